The van der Waals surface area contributed by atoms with Gasteiger partial charge in [-0.05, 0) is 31.2 Å². The molecule has 5 heterocycles. The van der Waals surface area contributed by atoms with Crippen LogP contribution in [0.5, 0.6) is 0 Å². The lowest BCUT2D eigenvalue weighted by molar-refractivity contribution is -0.141. The number of piperidine rings is 1. The molecule has 0 aliphatic carbocycles. The van der Waals surface area contributed by atoms with Crippen LogP contribution in [0.3, 0.4) is 0 Å². The SMILES string of the molecule is C[C@@H]1CCN(C(=O)[C@H]2CCCOC2)C[C@@H]1c1ncc2cnc3[nH]ccc3n12. The number of carbonyl (C=O) groups excluding carboxylic acids is 1. The maximum atomic E-state index is 13.0. The van der Waals surface area contributed by atoms with Crippen LogP contribution in [-0.2, 0) is 9.53 Å². The van der Waals surface area contributed by atoms with E-state index in [1.54, 1.807) is 0 Å². The summed E-state index contributed by atoms with van der Waals surface area (Å²) in [5.74, 6) is 1.99. The van der Waals surface area contributed by atoms with Gasteiger partial charge in [-0.25, -0.2) is 9.97 Å². The van der Waals surface area contributed by atoms with Gasteiger partial charge in [-0.3, -0.25) is 9.20 Å². The summed E-state index contributed by atoms with van der Waals surface area (Å²) in [6.45, 7) is 5.18. The average Bonchev–Trinajstić information content (AvgIpc) is 3.35. The van der Waals surface area contributed by atoms with Crippen molar-refractivity contribution in [2.24, 2.45) is 11.8 Å². The zero-order valence-corrected chi connectivity index (χ0v) is 15.6. The van der Waals surface area contributed by atoms with Gasteiger partial charge in [0.2, 0.25) is 5.91 Å². The number of aromatic amines is 1. The Morgan fingerprint density at radius 1 is 1.30 bits per heavy atom. The molecule has 7 nitrogen and oxygen atoms in total. The number of amides is 1. The van der Waals surface area contributed by atoms with Gasteiger partial charge in [0.25, 0.3) is 0 Å². The van der Waals surface area contributed by atoms with Crippen molar-refractivity contribution in [2.45, 2.75) is 32.1 Å². The predicted molar refractivity (Wildman–Crippen MR) is 101 cm³/mol. The number of hydrogen-bond acceptors (Lipinski definition) is 4. The molecule has 0 aromatic carbocycles. The molecule has 2 saturated heterocycles. The van der Waals surface area contributed by atoms with Gasteiger partial charge in [-0.1, -0.05) is 6.92 Å². The van der Waals surface area contributed by atoms with Gasteiger partial charge in [-0.2, -0.15) is 0 Å². The first-order chi connectivity index (χ1) is 13.2. The summed E-state index contributed by atoms with van der Waals surface area (Å²) in [5.41, 5.74) is 2.89. The first kappa shape index (κ1) is 16.7. The molecule has 1 amide bonds. The minimum atomic E-state index is 0.0189. The number of aromatic nitrogens is 4. The molecule has 0 unspecified atom stereocenters. The van der Waals surface area contributed by atoms with Crippen molar-refractivity contribution >= 4 is 22.6 Å². The Bertz CT molecular complexity index is 971. The number of fused-ring (bicyclic) bond motifs is 3. The average molecular weight is 367 g/mol. The summed E-state index contributed by atoms with van der Waals surface area (Å²) < 4.78 is 7.73. The van der Waals surface area contributed by atoms with E-state index in [1.165, 1.54) is 0 Å². The quantitative estimate of drug-likeness (QED) is 0.755. The second-order valence-electron chi connectivity index (χ2n) is 7.92. The van der Waals surface area contributed by atoms with Gasteiger partial charge in [0.15, 0.2) is 5.65 Å². The molecule has 5 rings (SSSR count). The third kappa shape index (κ3) is 2.81. The van der Waals surface area contributed by atoms with Crippen molar-refractivity contribution in [1.82, 2.24) is 24.3 Å². The van der Waals surface area contributed by atoms with Crippen LogP contribution in [-0.4, -0.2) is 56.5 Å². The molecule has 27 heavy (non-hydrogen) atoms. The van der Waals surface area contributed by atoms with Crippen LogP contribution in [0, 0.1) is 11.8 Å². The van der Waals surface area contributed by atoms with E-state index >= 15 is 0 Å². The lowest BCUT2D eigenvalue weighted by atomic mass is 9.85. The molecule has 7 heteroatoms. The molecule has 142 valence electrons. The topological polar surface area (TPSA) is 75.5 Å². The van der Waals surface area contributed by atoms with Crippen LogP contribution in [0.15, 0.2) is 24.7 Å². The Kier molecular flexibility index (Phi) is 4.11. The Morgan fingerprint density at radius 3 is 3.04 bits per heavy atom. The Labute approximate surface area is 157 Å². The summed E-state index contributed by atoms with van der Waals surface area (Å²) in [4.78, 5) is 27.4. The van der Waals surface area contributed by atoms with Gasteiger partial charge >= 0.3 is 0 Å². The van der Waals surface area contributed by atoms with Crippen LogP contribution >= 0.6 is 0 Å². The maximum absolute atomic E-state index is 13.0. The summed E-state index contributed by atoms with van der Waals surface area (Å²) in [5, 5.41) is 0. The smallest absolute Gasteiger partial charge is 0.228 e. The first-order valence-corrected chi connectivity index (χ1v) is 9.88. The highest BCUT2D eigenvalue weighted by Gasteiger charge is 2.35. The molecule has 0 saturated carbocycles. The van der Waals surface area contributed by atoms with Crippen LogP contribution in [0.2, 0.25) is 0 Å². The third-order valence-electron chi connectivity index (χ3n) is 6.20. The molecule has 3 aromatic heterocycles. The fourth-order valence-corrected chi connectivity index (χ4v) is 4.56. The minimum absolute atomic E-state index is 0.0189. The van der Waals surface area contributed by atoms with Crippen molar-refractivity contribution in [3.63, 3.8) is 0 Å². The molecular formula is C20H25N5O2. The van der Waals surface area contributed by atoms with Gasteiger partial charge < -0.3 is 14.6 Å². The van der Waals surface area contributed by atoms with Gasteiger partial charge in [0.1, 0.15) is 5.82 Å². The van der Waals surface area contributed by atoms with E-state index < -0.39 is 0 Å². The Balaban J connectivity index is 1.47. The fourth-order valence-electron chi connectivity index (χ4n) is 4.56. The Hall–Kier alpha value is -2.41. The molecular weight excluding hydrogens is 342 g/mol. The van der Waals surface area contributed by atoms with Gasteiger partial charge in [0, 0.05) is 31.8 Å². The molecule has 2 aliphatic heterocycles. The predicted octanol–water partition coefficient (Wildman–Crippen LogP) is 2.59. The van der Waals surface area contributed by atoms with E-state index in [0.717, 1.165) is 61.5 Å². The number of rotatable bonds is 2. The lowest BCUT2D eigenvalue weighted by Crippen LogP contribution is -2.46. The van der Waals surface area contributed by atoms with E-state index in [-0.39, 0.29) is 17.7 Å². The molecule has 3 aromatic rings. The molecule has 3 atom stereocenters. The van der Waals surface area contributed by atoms with Gasteiger partial charge in [0.05, 0.1) is 36.0 Å². The largest absolute Gasteiger partial charge is 0.381 e. The highest BCUT2D eigenvalue weighted by Crippen LogP contribution is 2.34. The highest BCUT2D eigenvalue weighted by molar-refractivity contribution is 5.79. The van der Waals surface area contributed by atoms with Crippen molar-refractivity contribution in [1.29, 1.82) is 0 Å². The second-order valence-corrected chi connectivity index (χ2v) is 7.92. The lowest BCUT2D eigenvalue weighted by Gasteiger charge is -2.38. The second kappa shape index (κ2) is 6.64. The molecule has 2 aliphatic rings. The number of likely N-dealkylation sites (tertiary alicyclic amines) is 1. The first-order valence-electron chi connectivity index (χ1n) is 9.88. The van der Waals surface area contributed by atoms with Crippen molar-refractivity contribution in [2.75, 3.05) is 26.3 Å². The zero-order valence-electron chi connectivity index (χ0n) is 15.6. The van der Waals surface area contributed by atoms with E-state index in [1.807, 2.05) is 29.6 Å². The number of hydrogen-bond donors (Lipinski definition) is 1. The van der Waals surface area contributed by atoms with Crippen LogP contribution in [0.1, 0.15) is 37.9 Å². The van der Waals surface area contributed by atoms with Crippen molar-refractivity contribution in [3.8, 4) is 0 Å². The van der Waals surface area contributed by atoms with Gasteiger partial charge in [-0.15, -0.1) is 0 Å². The number of nitrogens with zero attached hydrogens (tertiary/aromatic N) is 4. The zero-order chi connectivity index (χ0) is 18.4. The summed E-state index contributed by atoms with van der Waals surface area (Å²) in [6, 6.07) is 2.04. The maximum Gasteiger partial charge on any atom is 0.228 e. The van der Waals surface area contributed by atoms with E-state index in [4.69, 9.17) is 9.72 Å². The van der Waals surface area contributed by atoms with E-state index in [2.05, 4.69) is 21.3 Å². The van der Waals surface area contributed by atoms with Crippen LogP contribution in [0.25, 0.3) is 16.7 Å². The van der Waals surface area contributed by atoms with E-state index in [0.29, 0.717) is 12.5 Å². The van der Waals surface area contributed by atoms with Crippen molar-refractivity contribution in [3.05, 3.63) is 30.5 Å². The monoisotopic (exact) mass is 367 g/mol. The van der Waals surface area contributed by atoms with Crippen LogP contribution < -0.4 is 0 Å². The van der Waals surface area contributed by atoms with E-state index in [9.17, 15) is 4.79 Å². The number of imidazole rings is 1. The molecule has 1 N–H and O–H groups in total. The third-order valence-corrected chi connectivity index (χ3v) is 6.20. The standard InChI is InChI=1S/C20H25N5O2/c1-13-5-7-24(20(26)14-3-2-8-27-12-14)11-16(13)19-23-10-15-9-22-18-17(25(15)19)4-6-21-18/h4,6,9-10,13-14,16,21H,2-3,5,7-8,11-12H2,1H3/t13-,14+,16+/m1/s1. The fraction of sp³-hybridized carbons (Fsp3) is 0.550. The summed E-state index contributed by atoms with van der Waals surface area (Å²) in [7, 11) is 0. The molecule has 0 bridgehead atoms. The molecule has 2 fully saturated rings. The molecule has 0 radical (unpaired) electrons. The van der Waals surface area contributed by atoms with Crippen molar-refractivity contribution < 1.29 is 9.53 Å². The number of carbonyl (C=O) groups is 1. The normalized spacial score (nSPS) is 26.7. The number of ether oxygens (including phenoxy) is 1. The molecule has 0 spiro atoms. The Morgan fingerprint density at radius 2 is 2.19 bits per heavy atom. The number of nitrogens with one attached hydrogen (secondary N) is 1. The highest BCUT2D eigenvalue weighted by atomic mass is 16.5. The number of H-pyrrole nitrogens is 1. The minimum Gasteiger partial charge on any atom is -0.381 e. The van der Waals surface area contributed by atoms with Crippen LogP contribution in [0.4, 0.5) is 0 Å². The summed E-state index contributed by atoms with van der Waals surface area (Å²) in [6.07, 6.45) is 8.57. The summed E-state index contributed by atoms with van der Waals surface area (Å²) >= 11 is 0.